The number of fused-ring (bicyclic) bond motifs is 9. The van der Waals surface area contributed by atoms with Gasteiger partial charge in [0.2, 0.25) is 11.6 Å². The SMILES string of the molecule is C[Si](C)(C)c1cc2c(s1)-c1sc([Si](C)(C)C)cc1C(=O)C2=O.C[Si](C)(C)c1cc2c3[nH]c(-c4ccc(Br)cc4)[n+](-c4ccccc4)c3c3cc([Si](C)(C)C)sc3c2s1.Nc1ccccc1.O=Cc1ccc(Br)cc1. The maximum absolute atomic E-state index is 12.5. The Morgan fingerprint density at radius 3 is 1.34 bits per heavy atom. The van der Waals surface area contributed by atoms with Crippen molar-refractivity contribution in [3.05, 3.63) is 159 Å². The molecule has 74 heavy (non-hydrogen) atoms. The van der Waals surface area contributed by atoms with Crippen molar-refractivity contribution in [3.8, 4) is 26.8 Å². The van der Waals surface area contributed by atoms with Crippen LogP contribution < -0.4 is 28.3 Å². The van der Waals surface area contributed by atoms with Crippen LogP contribution >= 0.6 is 77.2 Å². The quantitative estimate of drug-likeness (QED) is 0.0546. The summed E-state index contributed by atoms with van der Waals surface area (Å²) in [5.41, 5.74) is 13.1. The van der Waals surface area contributed by atoms with E-state index in [1.165, 1.54) is 51.5 Å². The van der Waals surface area contributed by atoms with Gasteiger partial charge in [-0.3, -0.25) is 14.4 Å². The fourth-order valence-electron chi connectivity index (χ4n) is 8.21. The first-order valence-corrected chi connectivity index (χ1v) is 43.3. The number of anilines is 1. The van der Waals surface area contributed by atoms with E-state index in [2.05, 4.69) is 187 Å². The largest absolute Gasteiger partial charge is 0.399 e. The van der Waals surface area contributed by atoms with Gasteiger partial charge in [-0.05, 0) is 103 Å². The number of nitrogens with one attached hydrogen (secondary N) is 1. The van der Waals surface area contributed by atoms with Crippen LogP contribution in [0.15, 0.2) is 142 Å². The fraction of sp³-hybridized carbons (Fsp3) is 0.207. The minimum Gasteiger partial charge on any atom is -0.399 e. The first kappa shape index (κ1) is 55.8. The van der Waals surface area contributed by atoms with Crippen LogP contribution in [-0.2, 0) is 0 Å². The molecule has 0 spiro atoms. The van der Waals surface area contributed by atoms with Crippen molar-refractivity contribution in [2.45, 2.75) is 78.6 Å². The van der Waals surface area contributed by atoms with Crippen LogP contribution in [0.5, 0.6) is 0 Å². The summed E-state index contributed by atoms with van der Waals surface area (Å²) in [4.78, 5) is 41.0. The molecule has 6 nitrogen and oxygen atoms in total. The zero-order chi connectivity index (χ0) is 53.7. The second-order valence-electron chi connectivity index (χ2n) is 22.5. The zero-order valence-electron chi connectivity index (χ0n) is 43.9. The normalized spacial score (nSPS) is 12.6. The van der Waals surface area contributed by atoms with E-state index in [1.54, 1.807) is 43.8 Å². The summed E-state index contributed by atoms with van der Waals surface area (Å²) >= 11 is 14.4. The summed E-state index contributed by atoms with van der Waals surface area (Å²) in [5, 5.41) is 2.75. The van der Waals surface area contributed by atoms with Crippen LogP contribution in [0.25, 0.3) is 58.0 Å². The molecule has 3 N–H and O–H groups in total. The van der Waals surface area contributed by atoms with E-state index in [1.807, 2.05) is 77.3 Å². The van der Waals surface area contributed by atoms with E-state index in [-0.39, 0.29) is 11.6 Å². The summed E-state index contributed by atoms with van der Waals surface area (Å²) in [6.45, 7) is 28.4. The molecule has 11 rings (SSSR count). The fourth-order valence-corrected chi connectivity index (χ4v) is 21.1. The van der Waals surface area contributed by atoms with Crippen molar-refractivity contribution >= 4 is 182 Å². The number of carbonyl (C=O) groups is 3. The maximum atomic E-state index is 12.5. The molecular weight excluding hydrogens is 1190 g/mol. The Hall–Kier alpha value is -4.47. The number of aromatic amines is 1. The lowest BCUT2D eigenvalue weighted by Crippen LogP contribution is -2.35. The van der Waals surface area contributed by atoms with Gasteiger partial charge >= 0.3 is 0 Å². The molecule has 0 radical (unpaired) electrons. The third-order valence-corrected chi connectivity index (χ3v) is 32.6. The minimum atomic E-state index is -1.48. The molecule has 380 valence electrons. The van der Waals surface area contributed by atoms with Crippen molar-refractivity contribution < 1.29 is 19.0 Å². The molecule has 0 bridgehead atoms. The lowest BCUT2D eigenvalue weighted by molar-refractivity contribution is -0.553. The number of imidazole rings is 1. The minimum absolute atomic E-state index is 0.317. The molecule has 1 aliphatic rings. The van der Waals surface area contributed by atoms with Gasteiger partial charge in [0.1, 0.15) is 12.0 Å². The second kappa shape index (κ2) is 21.9. The lowest BCUT2D eigenvalue weighted by Gasteiger charge is -2.12. The Bertz CT molecular complexity index is 3620. The molecule has 0 aliphatic heterocycles. The van der Waals surface area contributed by atoms with Crippen LogP contribution in [0.1, 0.15) is 31.1 Å². The third kappa shape index (κ3) is 12.0. The molecule has 10 aromatic rings. The number of nitrogens with two attached hydrogens (primary N) is 1. The highest BCUT2D eigenvalue weighted by molar-refractivity contribution is 9.10. The molecule has 0 fully saturated rings. The lowest BCUT2D eigenvalue weighted by atomic mass is 9.96. The Labute approximate surface area is 472 Å². The number of halogens is 2. The van der Waals surface area contributed by atoms with Crippen LogP contribution in [0.2, 0.25) is 78.6 Å². The van der Waals surface area contributed by atoms with Gasteiger partial charge in [-0.1, -0.05) is 159 Å². The Kier molecular flexibility index (Phi) is 16.5. The zero-order valence-corrected chi connectivity index (χ0v) is 54.4. The summed E-state index contributed by atoms with van der Waals surface area (Å²) < 4.78 is 13.2. The number of aromatic nitrogens is 2. The van der Waals surface area contributed by atoms with Gasteiger partial charge in [0.25, 0.3) is 5.82 Å². The van der Waals surface area contributed by atoms with Crippen molar-refractivity contribution in [3.63, 3.8) is 0 Å². The van der Waals surface area contributed by atoms with Gasteiger partial charge in [-0.15, -0.1) is 45.3 Å². The Morgan fingerprint density at radius 2 is 0.919 bits per heavy atom. The van der Waals surface area contributed by atoms with Gasteiger partial charge in [0.05, 0.1) is 57.0 Å². The van der Waals surface area contributed by atoms with E-state index >= 15 is 0 Å². The number of H-pyrrole nitrogens is 1. The number of thiophene rings is 4. The first-order valence-electron chi connectivity index (χ1n) is 24.4. The highest BCUT2D eigenvalue weighted by Crippen LogP contribution is 2.42. The topological polar surface area (TPSA) is 96.9 Å². The van der Waals surface area contributed by atoms with E-state index in [4.69, 9.17) is 5.73 Å². The Balaban J connectivity index is 0.000000161. The van der Waals surface area contributed by atoms with Crippen LogP contribution in [-0.4, -0.2) is 55.1 Å². The number of para-hydroxylation sites is 2. The highest BCUT2D eigenvalue weighted by atomic mass is 79.9. The molecule has 16 heteroatoms. The molecular formula is C58H62Br2N3O3S4Si4+. The monoisotopic (exact) mass is 1250 g/mol. The number of aldehydes is 1. The molecule has 0 saturated heterocycles. The van der Waals surface area contributed by atoms with E-state index in [9.17, 15) is 14.4 Å². The molecule has 0 unspecified atom stereocenters. The summed E-state index contributed by atoms with van der Waals surface area (Å²) in [7, 11) is -5.90. The van der Waals surface area contributed by atoms with Gasteiger partial charge in [-0.2, -0.15) is 4.57 Å². The predicted octanol–water partition coefficient (Wildman–Crippen LogP) is 15.9. The molecule has 0 amide bonds. The number of hydrogen-bond acceptors (Lipinski definition) is 8. The van der Waals surface area contributed by atoms with Crippen LogP contribution in [0.4, 0.5) is 5.69 Å². The number of hydrogen-bond donors (Lipinski definition) is 2. The number of benzene rings is 5. The van der Waals surface area contributed by atoms with Crippen molar-refractivity contribution in [1.29, 1.82) is 0 Å². The van der Waals surface area contributed by atoms with Gasteiger partial charge in [0, 0.05) is 42.1 Å². The standard InChI is InChI=1S/C29H29BrN2S2Si2.C16H20O2S2Si2.C7H5BrO.C6H7N/c1-35(2,3)23-16-21-25-26(22-17-24(36(4,5)6)34-28(22)27(21)33-23)32(20-10-8-7-9-11-20)29(31-25)18-12-14-19(30)15-13-18;1-21(2,3)11-7-9-13(17)14(18)10-8-12(22(4,5)6)20-16(10)15(9)19-11;8-7-3-1-6(5-9)2-4-7;7-6-4-2-1-3-5-6/h7-17H,1-6H3;7-8H,1-6H3;1-5H;1-5H,7H2/p+1. The number of Topliss-reactive ketones (excluding diaryl/α,β-unsaturated/α-hetero) is 2. The Morgan fingerprint density at radius 1 is 0.514 bits per heavy atom. The van der Waals surface area contributed by atoms with Crippen LogP contribution in [0.3, 0.4) is 0 Å². The van der Waals surface area contributed by atoms with Gasteiger partial charge in [-0.25, -0.2) is 4.98 Å². The van der Waals surface area contributed by atoms with E-state index in [0.29, 0.717) is 16.7 Å². The molecule has 0 atom stereocenters. The van der Waals surface area contributed by atoms with E-state index in [0.717, 1.165) is 36.5 Å². The molecule has 5 aromatic heterocycles. The number of nitrogen functional groups attached to an aromatic ring is 1. The molecule has 5 aromatic carbocycles. The van der Waals surface area contributed by atoms with Crippen molar-refractivity contribution in [2.75, 3.05) is 5.73 Å². The number of carbonyl (C=O) groups excluding carboxylic acids is 3. The summed E-state index contributed by atoms with van der Waals surface area (Å²) in [5.74, 6) is 0.491. The van der Waals surface area contributed by atoms with Crippen LogP contribution in [0, 0.1) is 0 Å². The van der Waals surface area contributed by atoms with Gasteiger partial charge < -0.3 is 5.73 Å². The van der Waals surface area contributed by atoms with Crippen molar-refractivity contribution in [1.82, 2.24) is 4.98 Å². The molecule has 0 saturated carbocycles. The average Bonchev–Trinajstić information content (AvgIpc) is 4.19. The number of nitrogens with zero attached hydrogens (tertiary/aromatic N) is 1. The summed E-state index contributed by atoms with van der Waals surface area (Å²) in [6.07, 6.45) is 0.826. The van der Waals surface area contributed by atoms with Crippen molar-refractivity contribution in [2.24, 2.45) is 0 Å². The maximum Gasteiger partial charge on any atom is 0.292 e. The molecule has 5 heterocycles. The van der Waals surface area contributed by atoms with E-state index < -0.39 is 32.3 Å². The van der Waals surface area contributed by atoms with Gasteiger partial charge in [0.15, 0.2) is 11.0 Å². The highest BCUT2D eigenvalue weighted by Gasteiger charge is 2.38. The smallest absolute Gasteiger partial charge is 0.292 e. The average molecular weight is 1250 g/mol. The predicted molar refractivity (Wildman–Crippen MR) is 342 cm³/mol. The third-order valence-electron chi connectivity index (χ3n) is 12.4. The summed E-state index contributed by atoms with van der Waals surface area (Å²) in [6, 6.07) is 45.1. The first-order chi connectivity index (χ1) is 34.7. The number of rotatable bonds is 7. The molecule has 1 aliphatic carbocycles. The number of ketones is 2. The second-order valence-corrected chi connectivity index (χ2v) is 50.2.